The molecule has 278 valence electrons. The summed E-state index contributed by atoms with van der Waals surface area (Å²) in [5.41, 5.74) is 9.94. The number of aryl methyl sites for hydroxylation is 10. The molecule has 0 atom stereocenters. The molecule has 55 heavy (non-hydrogen) atoms. The molecule has 0 aliphatic rings. The quantitative estimate of drug-likeness (QED) is 0.145. The second-order valence-corrected chi connectivity index (χ2v) is 16.1. The molecule has 9 aromatic rings. The van der Waals surface area contributed by atoms with E-state index in [9.17, 15) is 0 Å². The van der Waals surface area contributed by atoms with Crippen molar-refractivity contribution in [3.63, 3.8) is 0 Å². The Morgan fingerprint density at radius 2 is 0.818 bits per heavy atom. The average molecular weight is 739 g/mol. The van der Waals surface area contributed by atoms with Crippen LogP contribution in [0.25, 0.3) is 43.1 Å². The van der Waals surface area contributed by atoms with Crippen molar-refractivity contribution < 1.29 is 0 Å². The second-order valence-electron chi connectivity index (χ2n) is 14.6. The van der Waals surface area contributed by atoms with Gasteiger partial charge in [0.05, 0.1) is 0 Å². The van der Waals surface area contributed by atoms with Gasteiger partial charge in [0.25, 0.3) is 0 Å². The van der Waals surface area contributed by atoms with Gasteiger partial charge in [0.2, 0.25) is 0 Å². The Labute approximate surface area is 332 Å². The van der Waals surface area contributed by atoms with Crippen LogP contribution in [0, 0.1) is 69.2 Å². The zero-order chi connectivity index (χ0) is 39.5. The number of rotatable bonds is 0. The van der Waals surface area contributed by atoms with E-state index in [1.165, 1.54) is 86.2 Å². The third-order valence-electron chi connectivity index (χ3n) is 9.28. The van der Waals surface area contributed by atoms with Gasteiger partial charge in [0.1, 0.15) is 0 Å². The highest BCUT2D eigenvalue weighted by molar-refractivity contribution is 7.11. The van der Waals surface area contributed by atoms with Crippen LogP contribution in [0.15, 0.2) is 146 Å². The summed E-state index contributed by atoms with van der Waals surface area (Å²) in [4.78, 5) is 11.0. The normalized spacial score (nSPS) is 10.4. The van der Waals surface area contributed by atoms with Gasteiger partial charge in [-0.3, -0.25) is 9.97 Å². The number of nitrogens with zero attached hydrogens (tertiary/aromatic N) is 2. The van der Waals surface area contributed by atoms with Gasteiger partial charge in [0.15, 0.2) is 0 Å². The molecule has 0 amide bonds. The molecule has 2 nitrogen and oxygen atoms in total. The summed E-state index contributed by atoms with van der Waals surface area (Å²) < 4.78 is 0. The van der Waals surface area contributed by atoms with Crippen molar-refractivity contribution in [2.75, 3.05) is 0 Å². The van der Waals surface area contributed by atoms with Crippen molar-refractivity contribution in [1.29, 1.82) is 0 Å². The van der Waals surface area contributed by atoms with Gasteiger partial charge in [-0.25, -0.2) is 0 Å². The van der Waals surface area contributed by atoms with Gasteiger partial charge in [-0.2, -0.15) is 0 Å². The first-order valence-electron chi connectivity index (χ1n) is 19.0. The van der Waals surface area contributed by atoms with Gasteiger partial charge in [-0.05, 0) is 153 Å². The maximum atomic E-state index is 4.17. The van der Waals surface area contributed by atoms with Crippen LogP contribution in [-0.2, 0) is 0 Å². The fourth-order valence-electron chi connectivity index (χ4n) is 6.65. The number of benzene rings is 6. The Bertz CT molecular complexity index is 2510. The Balaban J connectivity index is 0.000000139. The van der Waals surface area contributed by atoms with Crippen LogP contribution in [0.4, 0.5) is 0 Å². The molecule has 3 aromatic heterocycles. The van der Waals surface area contributed by atoms with E-state index in [0.29, 0.717) is 0 Å². The van der Waals surface area contributed by atoms with E-state index in [4.69, 9.17) is 0 Å². The fourth-order valence-corrected chi connectivity index (χ4v) is 7.43. The summed E-state index contributed by atoms with van der Waals surface area (Å²) in [6, 6.07) is 47.7. The highest BCUT2D eigenvalue weighted by Crippen LogP contribution is 2.29. The molecule has 0 unspecified atom stereocenters. The third-order valence-corrected chi connectivity index (χ3v) is 10.2. The molecule has 0 saturated heterocycles. The molecule has 3 heterocycles. The highest BCUT2D eigenvalue weighted by Gasteiger charge is 2.03. The maximum absolute atomic E-state index is 4.17. The average Bonchev–Trinajstić information content (AvgIpc) is 3.54. The molecule has 0 spiro atoms. The van der Waals surface area contributed by atoms with E-state index in [0.717, 1.165) is 11.4 Å². The molecule has 6 aromatic carbocycles. The van der Waals surface area contributed by atoms with Crippen molar-refractivity contribution >= 4 is 54.4 Å². The Hall–Kier alpha value is -5.64. The lowest BCUT2D eigenvalue weighted by Gasteiger charge is -2.07. The highest BCUT2D eigenvalue weighted by atomic mass is 32.1. The molecular formula is C52H54N2S. The largest absolute Gasteiger partial charge is 0.264 e. The molecule has 0 saturated carbocycles. The minimum atomic E-state index is 1.09. The van der Waals surface area contributed by atoms with Crippen molar-refractivity contribution in [3.8, 4) is 0 Å². The standard InChI is InChI=1S/2C16H14.2C7H9N.C6H8S/c1-11-3-7-15-13(9-11)5-6-14-10-12(2)4-8-16(14)15;1-11-7-8-13-10-12(2)14-5-3-4-6-15(14)16(13)9-11;1-6-3-7(2)5-8-4-6;1-6-4-3-5-7(2)8-6;1-5-3-4-6(2)7-5/h2*3-10H,1-2H3;2*3-5H,1-2H3;3-4H,1-2H3. The predicted molar refractivity (Wildman–Crippen MR) is 243 cm³/mol. The molecule has 0 bridgehead atoms. The van der Waals surface area contributed by atoms with Crippen LogP contribution >= 0.6 is 11.3 Å². The van der Waals surface area contributed by atoms with E-state index < -0.39 is 0 Å². The van der Waals surface area contributed by atoms with Crippen molar-refractivity contribution in [1.82, 2.24) is 9.97 Å². The van der Waals surface area contributed by atoms with Gasteiger partial charge < -0.3 is 0 Å². The molecule has 0 aliphatic carbocycles. The predicted octanol–water partition coefficient (Wildman–Crippen LogP) is 15.0. The molecule has 0 aliphatic heterocycles. The van der Waals surface area contributed by atoms with Crippen LogP contribution in [-0.4, -0.2) is 9.97 Å². The Morgan fingerprint density at radius 3 is 1.27 bits per heavy atom. The van der Waals surface area contributed by atoms with Crippen molar-refractivity contribution in [2.45, 2.75) is 69.2 Å². The summed E-state index contributed by atoms with van der Waals surface area (Å²) in [5, 5.41) is 10.8. The van der Waals surface area contributed by atoms with Gasteiger partial charge >= 0.3 is 0 Å². The summed E-state index contributed by atoms with van der Waals surface area (Å²) >= 11 is 1.84. The SMILES string of the molecule is Cc1ccc(C)s1.Cc1ccc2c(ccc3cc(C)ccc32)c1.Cc1ccc2cc(C)c3ccccc3c2c1.Cc1cccc(C)n1.Cc1cncc(C)c1. The van der Waals surface area contributed by atoms with Crippen molar-refractivity contribution in [3.05, 3.63) is 200 Å². The van der Waals surface area contributed by atoms with Gasteiger partial charge in [-0.1, -0.05) is 126 Å². The van der Waals surface area contributed by atoms with E-state index in [2.05, 4.69) is 167 Å². The smallest absolute Gasteiger partial charge is 0.0375 e. The second kappa shape index (κ2) is 19.1. The number of aromatic nitrogens is 2. The minimum Gasteiger partial charge on any atom is -0.264 e. The zero-order valence-electron chi connectivity index (χ0n) is 34.2. The first-order valence-corrected chi connectivity index (χ1v) is 19.8. The van der Waals surface area contributed by atoms with Crippen LogP contribution in [0.5, 0.6) is 0 Å². The summed E-state index contributed by atoms with van der Waals surface area (Å²) in [6.45, 7) is 20.9. The summed E-state index contributed by atoms with van der Waals surface area (Å²) in [7, 11) is 0. The topological polar surface area (TPSA) is 25.8 Å². The lowest BCUT2D eigenvalue weighted by Crippen LogP contribution is -1.83. The van der Waals surface area contributed by atoms with E-state index in [1.807, 2.05) is 69.6 Å². The number of hydrogen-bond donors (Lipinski definition) is 0. The van der Waals surface area contributed by atoms with Crippen LogP contribution < -0.4 is 0 Å². The fraction of sp³-hybridized carbons (Fsp3) is 0.192. The Kier molecular flexibility index (Phi) is 14.1. The lowest BCUT2D eigenvalue weighted by atomic mass is 9.97. The third kappa shape index (κ3) is 11.7. The minimum absolute atomic E-state index is 1.09. The number of hydrogen-bond acceptors (Lipinski definition) is 3. The van der Waals surface area contributed by atoms with Gasteiger partial charge in [0, 0.05) is 33.5 Å². The molecule has 0 fully saturated rings. The molecule has 0 radical (unpaired) electrons. The van der Waals surface area contributed by atoms with E-state index in [-0.39, 0.29) is 0 Å². The molecule has 9 rings (SSSR count). The summed E-state index contributed by atoms with van der Waals surface area (Å²) in [5.74, 6) is 0. The monoisotopic (exact) mass is 738 g/mol. The van der Waals surface area contributed by atoms with E-state index in [1.54, 1.807) is 0 Å². The van der Waals surface area contributed by atoms with Crippen LogP contribution in [0.2, 0.25) is 0 Å². The molecule has 0 N–H and O–H groups in total. The first kappa shape index (κ1) is 40.5. The number of fused-ring (bicyclic) bond motifs is 6. The van der Waals surface area contributed by atoms with Crippen molar-refractivity contribution in [2.24, 2.45) is 0 Å². The van der Waals surface area contributed by atoms with Gasteiger partial charge in [-0.15, -0.1) is 11.3 Å². The Morgan fingerprint density at radius 1 is 0.345 bits per heavy atom. The number of thiophene rings is 1. The van der Waals surface area contributed by atoms with Crippen LogP contribution in [0.1, 0.15) is 54.5 Å². The van der Waals surface area contributed by atoms with E-state index >= 15 is 0 Å². The first-order chi connectivity index (χ1) is 26.4. The maximum Gasteiger partial charge on any atom is 0.0375 e. The molecular weight excluding hydrogens is 685 g/mol. The molecule has 3 heteroatoms. The van der Waals surface area contributed by atoms with Crippen LogP contribution in [0.3, 0.4) is 0 Å². The summed E-state index contributed by atoms with van der Waals surface area (Å²) in [6.07, 6.45) is 3.71. The lowest BCUT2D eigenvalue weighted by molar-refractivity contribution is 1.12. The number of pyridine rings is 2. The zero-order valence-corrected chi connectivity index (χ0v) is 35.0.